The molecule has 7 heteroatoms. The molecular weight excluding hydrogens is 434 g/mol. The summed E-state index contributed by atoms with van der Waals surface area (Å²) < 4.78 is 0. The third kappa shape index (κ3) is 5.11. The third-order valence-electron chi connectivity index (χ3n) is 6.39. The van der Waals surface area contributed by atoms with E-state index in [0.29, 0.717) is 17.1 Å². The molecule has 1 aromatic heterocycles. The van der Waals surface area contributed by atoms with E-state index < -0.39 is 5.97 Å². The van der Waals surface area contributed by atoms with Gasteiger partial charge in [0.1, 0.15) is 10.8 Å². The number of carboxylic acids is 1. The molecular formula is C26H31N3O3S. The smallest absolute Gasteiger partial charge is 0.355 e. The van der Waals surface area contributed by atoms with Crippen molar-refractivity contribution in [2.24, 2.45) is 0 Å². The molecule has 4 rings (SSSR count). The molecule has 0 amide bonds. The summed E-state index contributed by atoms with van der Waals surface area (Å²) in [6.07, 6.45) is 1.15. The van der Waals surface area contributed by atoms with E-state index in [0.717, 1.165) is 42.7 Å². The maximum atomic E-state index is 11.2. The lowest BCUT2D eigenvalue weighted by atomic mass is 9.93. The Morgan fingerprint density at radius 2 is 1.88 bits per heavy atom. The van der Waals surface area contributed by atoms with Gasteiger partial charge in [0.15, 0.2) is 5.69 Å². The average molecular weight is 466 g/mol. The normalized spacial score (nSPS) is 20.6. The second-order valence-electron chi connectivity index (χ2n) is 8.85. The van der Waals surface area contributed by atoms with Crippen molar-refractivity contribution in [3.8, 4) is 16.3 Å². The van der Waals surface area contributed by atoms with E-state index in [9.17, 15) is 9.90 Å². The van der Waals surface area contributed by atoms with Crippen molar-refractivity contribution < 1.29 is 15.0 Å². The minimum absolute atomic E-state index is 0.0123. The van der Waals surface area contributed by atoms with Gasteiger partial charge in [-0.25, -0.2) is 9.78 Å². The molecule has 1 fully saturated rings. The fourth-order valence-corrected chi connectivity index (χ4v) is 5.57. The fraction of sp³-hybridized carbons (Fsp3) is 0.385. The van der Waals surface area contributed by atoms with Crippen molar-refractivity contribution in [3.63, 3.8) is 0 Å². The number of piperazine rings is 1. The summed E-state index contributed by atoms with van der Waals surface area (Å²) in [6.45, 7) is 9.86. The van der Waals surface area contributed by atoms with Crippen LogP contribution in [0, 0.1) is 0 Å². The zero-order valence-corrected chi connectivity index (χ0v) is 20.1. The van der Waals surface area contributed by atoms with Crippen LogP contribution in [0.2, 0.25) is 0 Å². The number of benzene rings is 2. The van der Waals surface area contributed by atoms with E-state index in [4.69, 9.17) is 5.11 Å². The zero-order chi connectivity index (χ0) is 23.5. The SMILES string of the molecule is CCCN1C[C@H](C)N([C@H](c2ccc(-c3nc(C(=O)O)cs3)cc2)c2cccc(O)c2)C[C@H]1C. The van der Waals surface area contributed by atoms with Gasteiger partial charge in [-0.1, -0.05) is 43.3 Å². The Bertz CT molecular complexity index is 1100. The van der Waals surface area contributed by atoms with Gasteiger partial charge in [0, 0.05) is 36.1 Å². The number of aromatic nitrogens is 1. The van der Waals surface area contributed by atoms with Gasteiger partial charge in [0.2, 0.25) is 0 Å². The summed E-state index contributed by atoms with van der Waals surface area (Å²) in [5.74, 6) is -0.744. The first-order chi connectivity index (χ1) is 15.9. The van der Waals surface area contributed by atoms with E-state index in [1.54, 1.807) is 11.4 Å². The monoisotopic (exact) mass is 465 g/mol. The number of aromatic hydroxyl groups is 1. The molecule has 2 heterocycles. The molecule has 2 aromatic carbocycles. The van der Waals surface area contributed by atoms with E-state index in [2.05, 4.69) is 53.8 Å². The number of thiazole rings is 1. The molecule has 1 aliphatic rings. The minimum Gasteiger partial charge on any atom is -0.508 e. The number of carboxylic acid groups (broad SMARTS) is 1. The lowest BCUT2D eigenvalue weighted by Crippen LogP contribution is -2.57. The first-order valence-corrected chi connectivity index (χ1v) is 12.3. The molecule has 1 aliphatic heterocycles. The number of phenols is 1. The number of rotatable bonds is 7. The summed E-state index contributed by atoms with van der Waals surface area (Å²) >= 11 is 1.34. The lowest BCUT2D eigenvalue weighted by molar-refractivity contribution is 0.0241. The highest BCUT2D eigenvalue weighted by Crippen LogP contribution is 2.35. The molecule has 174 valence electrons. The molecule has 0 unspecified atom stereocenters. The van der Waals surface area contributed by atoms with Gasteiger partial charge >= 0.3 is 5.97 Å². The van der Waals surface area contributed by atoms with E-state index in [1.807, 2.05) is 24.3 Å². The Labute approximate surface area is 199 Å². The highest BCUT2D eigenvalue weighted by molar-refractivity contribution is 7.13. The molecule has 0 radical (unpaired) electrons. The first kappa shape index (κ1) is 23.4. The predicted molar refractivity (Wildman–Crippen MR) is 132 cm³/mol. The van der Waals surface area contributed by atoms with Gasteiger partial charge in [-0.3, -0.25) is 9.80 Å². The molecule has 0 saturated carbocycles. The predicted octanol–water partition coefficient (Wildman–Crippen LogP) is 5.11. The fourth-order valence-electron chi connectivity index (χ4n) is 4.77. The van der Waals surface area contributed by atoms with Crippen LogP contribution < -0.4 is 0 Å². The molecule has 3 aromatic rings. The summed E-state index contributed by atoms with van der Waals surface area (Å²) in [7, 11) is 0. The van der Waals surface area contributed by atoms with E-state index in [-0.39, 0.29) is 17.5 Å². The molecule has 0 aliphatic carbocycles. The van der Waals surface area contributed by atoms with Gasteiger partial charge in [-0.05, 0) is 50.1 Å². The van der Waals surface area contributed by atoms with Crippen LogP contribution in [0.4, 0.5) is 0 Å². The molecule has 3 atom stereocenters. The zero-order valence-electron chi connectivity index (χ0n) is 19.3. The van der Waals surface area contributed by atoms with E-state index >= 15 is 0 Å². The highest BCUT2D eigenvalue weighted by Gasteiger charge is 2.34. The van der Waals surface area contributed by atoms with Gasteiger partial charge in [-0.15, -0.1) is 11.3 Å². The van der Waals surface area contributed by atoms with Crippen LogP contribution in [-0.2, 0) is 0 Å². The second-order valence-corrected chi connectivity index (χ2v) is 9.71. The standard InChI is InChI=1S/C26H31N3O3S/c1-4-12-28-14-18(3)29(15-17(28)2)24(21-6-5-7-22(30)13-21)19-8-10-20(11-9-19)25-27-23(16-33-25)26(31)32/h5-11,13,16-18,24,30H,4,12,14-15H2,1-3H3,(H,31,32)/t17-,18+,24-/m1/s1. The summed E-state index contributed by atoms with van der Waals surface area (Å²) in [5, 5.41) is 21.6. The Morgan fingerprint density at radius 3 is 2.52 bits per heavy atom. The molecule has 33 heavy (non-hydrogen) atoms. The van der Waals surface area contributed by atoms with Crippen LogP contribution in [0.25, 0.3) is 10.6 Å². The summed E-state index contributed by atoms with van der Waals surface area (Å²) in [4.78, 5) is 20.5. The largest absolute Gasteiger partial charge is 0.508 e. The van der Waals surface area contributed by atoms with Crippen LogP contribution >= 0.6 is 11.3 Å². The molecule has 0 bridgehead atoms. The maximum absolute atomic E-state index is 11.2. The Hall–Kier alpha value is -2.74. The number of nitrogens with zero attached hydrogens (tertiary/aromatic N) is 3. The van der Waals surface area contributed by atoms with Crippen LogP contribution in [-0.4, -0.2) is 62.7 Å². The van der Waals surface area contributed by atoms with Crippen LogP contribution in [0.5, 0.6) is 5.75 Å². The van der Waals surface area contributed by atoms with Crippen molar-refractivity contribution in [1.82, 2.24) is 14.8 Å². The molecule has 1 saturated heterocycles. The highest BCUT2D eigenvalue weighted by atomic mass is 32.1. The average Bonchev–Trinajstić information content (AvgIpc) is 3.29. The Kier molecular flexibility index (Phi) is 7.12. The van der Waals surface area contributed by atoms with Crippen molar-refractivity contribution >= 4 is 17.3 Å². The van der Waals surface area contributed by atoms with Crippen LogP contribution in [0.15, 0.2) is 53.9 Å². The first-order valence-electron chi connectivity index (χ1n) is 11.4. The van der Waals surface area contributed by atoms with Crippen molar-refractivity contribution in [2.45, 2.75) is 45.3 Å². The van der Waals surface area contributed by atoms with Gasteiger partial charge in [0.05, 0.1) is 6.04 Å². The second kappa shape index (κ2) is 10.0. The van der Waals surface area contributed by atoms with E-state index in [1.165, 1.54) is 11.3 Å². The quantitative estimate of drug-likeness (QED) is 0.505. The van der Waals surface area contributed by atoms with Crippen molar-refractivity contribution in [1.29, 1.82) is 0 Å². The number of hydrogen-bond acceptors (Lipinski definition) is 6. The molecule has 2 N–H and O–H groups in total. The number of aromatic carboxylic acids is 1. The van der Waals surface area contributed by atoms with Crippen molar-refractivity contribution in [2.75, 3.05) is 19.6 Å². The third-order valence-corrected chi connectivity index (χ3v) is 7.28. The lowest BCUT2D eigenvalue weighted by Gasteiger charge is -2.47. The van der Waals surface area contributed by atoms with Crippen LogP contribution in [0.1, 0.15) is 54.8 Å². The molecule has 6 nitrogen and oxygen atoms in total. The Morgan fingerprint density at radius 1 is 1.12 bits per heavy atom. The maximum Gasteiger partial charge on any atom is 0.355 e. The van der Waals surface area contributed by atoms with Gasteiger partial charge in [0.25, 0.3) is 0 Å². The minimum atomic E-state index is -1.01. The number of carbonyl (C=O) groups is 1. The molecule has 0 spiro atoms. The van der Waals surface area contributed by atoms with Crippen molar-refractivity contribution in [3.05, 3.63) is 70.7 Å². The summed E-state index contributed by atoms with van der Waals surface area (Å²) in [6, 6.07) is 16.6. The number of phenolic OH excluding ortho intramolecular Hbond substituents is 1. The summed E-state index contributed by atoms with van der Waals surface area (Å²) in [5.41, 5.74) is 3.18. The Balaban J connectivity index is 1.67. The van der Waals surface area contributed by atoms with Gasteiger partial charge in [-0.2, -0.15) is 0 Å². The van der Waals surface area contributed by atoms with Gasteiger partial charge < -0.3 is 10.2 Å². The number of hydrogen-bond donors (Lipinski definition) is 2. The van der Waals surface area contributed by atoms with Crippen LogP contribution in [0.3, 0.4) is 0 Å². The topological polar surface area (TPSA) is 76.9 Å².